The Morgan fingerprint density at radius 2 is 2.00 bits per heavy atom. The topological polar surface area (TPSA) is 21.7 Å². The highest BCUT2D eigenvalue weighted by Gasteiger charge is 2.17. The van der Waals surface area contributed by atoms with E-state index in [-0.39, 0.29) is 0 Å². The average Bonchev–Trinajstić information content (AvgIpc) is 2.69. The molecule has 0 aromatic heterocycles. The number of hydrogen-bond donors (Lipinski definition) is 0. The van der Waals surface area contributed by atoms with E-state index in [1.54, 1.807) is 0 Å². The molecule has 2 aliphatic rings. The summed E-state index contributed by atoms with van der Waals surface area (Å²) in [6.45, 7) is 6.19. The van der Waals surface area contributed by atoms with Crippen LogP contribution in [0.4, 0.5) is 0 Å². The smallest absolute Gasteiger partial charge is 0.0594 e. The first-order chi connectivity index (χ1) is 6.45. The second-order valence-electron chi connectivity index (χ2n) is 3.88. The van der Waals surface area contributed by atoms with Gasteiger partial charge in [-0.15, -0.1) is 0 Å². The Bertz CT molecular complexity index is 140. The van der Waals surface area contributed by atoms with Crippen molar-refractivity contribution in [2.45, 2.75) is 25.4 Å². The van der Waals surface area contributed by atoms with Gasteiger partial charge < -0.3 is 9.47 Å². The van der Waals surface area contributed by atoms with E-state index in [4.69, 9.17) is 9.47 Å². The maximum Gasteiger partial charge on any atom is 0.0594 e. The van der Waals surface area contributed by atoms with Crippen LogP contribution < -0.4 is 0 Å². The van der Waals surface area contributed by atoms with Gasteiger partial charge in [0.25, 0.3) is 0 Å². The van der Waals surface area contributed by atoms with E-state index in [0.717, 1.165) is 32.9 Å². The predicted molar refractivity (Wildman–Crippen MR) is 50.9 cm³/mol. The van der Waals surface area contributed by atoms with Crippen LogP contribution in [0.1, 0.15) is 19.3 Å². The molecule has 3 heteroatoms. The van der Waals surface area contributed by atoms with E-state index in [9.17, 15) is 0 Å². The van der Waals surface area contributed by atoms with Crippen molar-refractivity contribution in [3.05, 3.63) is 0 Å². The summed E-state index contributed by atoms with van der Waals surface area (Å²) in [5, 5.41) is 0. The minimum atomic E-state index is 0.544. The van der Waals surface area contributed by atoms with Crippen LogP contribution in [0.2, 0.25) is 0 Å². The largest absolute Gasteiger partial charge is 0.379 e. The molecule has 3 nitrogen and oxygen atoms in total. The third-order valence-electron chi connectivity index (χ3n) is 2.89. The van der Waals surface area contributed by atoms with Gasteiger partial charge in [0.2, 0.25) is 0 Å². The summed E-state index contributed by atoms with van der Waals surface area (Å²) in [6, 6.07) is 0. The van der Waals surface area contributed by atoms with Gasteiger partial charge in [0.05, 0.1) is 19.3 Å². The Morgan fingerprint density at radius 3 is 2.69 bits per heavy atom. The van der Waals surface area contributed by atoms with Crippen LogP contribution in [0.5, 0.6) is 0 Å². The number of ether oxygens (including phenoxy) is 2. The molecule has 0 aromatic carbocycles. The highest BCUT2D eigenvalue weighted by molar-refractivity contribution is 4.69. The summed E-state index contributed by atoms with van der Waals surface area (Å²) in [5.41, 5.74) is 0. The molecule has 2 fully saturated rings. The van der Waals surface area contributed by atoms with E-state index in [0.29, 0.717) is 6.10 Å². The van der Waals surface area contributed by atoms with Crippen LogP contribution in [0.25, 0.3) is 0 Å². The lowest BCUT2D eigenvalue weighted by Gasteiger charge is -2.27. The van der Waals surface area contributed by atoms with Crippen molar-refractivity contribution in [1.29, 1.82) is 0 Å². The van der Waals surface area contributed by atoms with Crippen molar-refractivity contribution >= 4 is 0 Å². The van der Waals surface area contributed by atoms with Crippen molar-refractivity contribution in [2.24, 2.45) is 0 Å². The van der Waals surface area contributed by atoms with Gasteiger partial charge >= 0.3 is 0 Å². The fourth-order valence-corrected chi connectivity index (χ4v) is 2.02. The van der Waals surface area contributed by atoms with Crippen LogP contribution in [-0.2, 0) is 9.47 Å². The van der Waals surface area contributed by atoms with E-state index >= 15 is 0 Å². The van der Waals surface area contributed by atoms with Gasteiger partial charge in [0.1, 0.15) is 0 Å². The Morgan fingerprint density at radius 1 is 1.15 bits per heavy atom. The van der Waals surface area contributed by atoms with Gasteiger partial charge in [-0.1, -0.05) is 0 Å². The van der Waals surface area contributed by atoms with Gasteiger partial charge in [-0.25, -0.2) is 0 Å². The van der Waals surface area contributed by atoms with Crippen LogP contribution in [0, 0.1) is 0 Å². The first-order valence-corrected chi connectivity index (χ1v) is 5.37. The number of rotatable bonds is 3. The van der Waals surface area contributed by atoms with E-state index in [1.807, 2.05) is 0 Å². The minimum Gasteiger partial charge on any atom is -0.379 e. The summed E-state index contributed by atoms with van der Waals surface area (Å²) in [4.78, 5) is 2.48. The molecule has 2 rings (SSSR count). The Labute approximate surface area is 80.0 Å². The first kappa shape index (κ1) is 9.44. The molecule has 1 atom stereocenters. The van der Waals surface area contributed by atoms with E-state index < -0.39 is 0 Å². The summed E-state index contributed by atoms with van der Waals surface area (Å²) in [5.74, 6) is 0. The lowest BCUT2D eigenvalue weighted by atomic mass is 10.2. The molecule has 0 amide bonds. The van der Waals surface area contributed by atoms with Crippen molar-refractivity contribution in [1.82, 2.24) is 4.90 Å². The zero-order chi connectivity index (χ0) is 8.93. The summed E-state index contributed by atoms with van der Waals surface area (Å²) in [6.07, 6.45) is 4.28. The molecule has 2 saturated heterocycles. The van der Waals surface area contributed by atoms with Gasteiger partial charge in [-0.3, -0.25) is 4.90 Å². The Hall–Kier alpha value is -0.120. The molecule has 0 aromatic rings. The molecule has 0 spiro atoms. The molecular formula is C10H19NO2. The zero-order valence-corrected chi connectivity index (χ0v) is 8.21. The van der Waals surface area contributed by atoms with Crippen LogP contribution in [-0.4, -0.2) is 50.5 Å². The molecule has 0 N–H and O–H groups in total. The quantitative estimate of drug-likeness (QED) is 0.651. The normalized spacial score (nSPS) is 30.9. The van der Waals surface area contributed by atoms with Gasteiger partial charge in [0.15, 0.2) is 0 Å². The Kier molecular flexibility index (Phi) is 3.58. The second-order valence-corrected chi connectivity index (χ2v) is 3.88. The summed E-state index contributed by atoms with van der Waals surface area (Å²) < 4.78 is 10.9. The molecule has 13 heavy (non-hydrogen) atoms. The molecule has 0 radical (unpaired) electrons. The molecule has 0 saturated carbocycles. The number of hydrogen-bond acceptors (Lipinski definition) is 3. The maximum absolute atomic E-state index is 5.59. The van der Waals surface area contributed by atoms with E-state index in [1.165, 1.54) is 25.8 Å². The molecule has 0 aliphatic carbocycles. The van der Waals surface area contributed by atoms with Crippen molar-refractivity contribution in [2.75, 3.05) is 39.5 Å². The fourth-order valence-electron chi connectivity index (χ4n) is 2.02. The summed E-state index contributed by atoms with van der Waals surface area (Å²) >= 11 is 0. The molecule has 2 aliphatic heterocycles. The monoisotopic (exact) mass is 185 g/mol. The Balaban J connectivity index is 1.60. The van der Waals surface area contributed by atoms with Crippen LogP contribution in [0.15, 0.2) is 0 Å². The average molecular weight is 185 g/mol. The minimum absolute atomic E-state index is 0.544. The zero-order valence-electron chi connectivity index (χ0n) is 8.21. The molecular weight excluding hydrogens is 166 g/mol. The second kappa shape index (κ2) is 4.94. The lowest BCUT2D eigenvalue weighted by molar-refractivity contribution is 0.0266. The number of morpholine rings is 1. The predicted octanol–water partition coefficient (Wildman–Crippen LogP) is 0.888. The SMILES string of the molecule is C1COC(CCN2CCOCC2)C1. The number of nitrogens with zero attached hydrogens (tertiary/aromatic N) is 1. The van der Waals surface area contributed by atoms with Crippen molar-refractivity contribution in [3.8, 4) is 0 Å². The lowest BCUT2D eigenvalue weighted by Crippen LogP contribution is -2.37. The third kappa shape index (κ3) is 2.93. The van der Waals surface area contributed by atoms with Crippen LogP contribution >= 0.6 is 0 Å². The van der Waals surface area contributed by atoms with Crippen LogP contribution in [0.3, 0.4) is 0 Å². The van der Waals surface area contributed by atoms with Gasteiger partial charge in [-0.2, -0.15) is 0 Å². The highest BCUT2D eigenvalue weighted by Crippen LogP contribution is 2.15. The molecule has 76 valence electrons. The van der Waals surface area contributed by atoms with Crippen molar-refractivity contribution < 1.29 is 9.47 Å². The standard InChI is InChI=1S/C10H19NO2/c1-2-10(13-7-1)3-4-11-5-8-12-9-6-11/h10H,1-9H2. The van der Waals surface area contributed by atoms with E-state index in [2.05, 4.69) is 4.90 Å². The summed E-state index contributed by atoms with van der Waals surface area (Å²) in [7, 11) is 0. The van der Waals surface area contributed by atoms with Gasteiger partial charge in [-0.05, 0) is 19.3 Å². The fraction of sp³-hybridized carbons (Fsp3) is 1.00. The molecule has 1 unspecified atom stereocenters. The third-order valence-corrected chi connectivity index (χ3v) is 2.89. The van der Waals surface area contributed by atoms with Gasteiger partial charge in [0, 0.05) is 26.2 Å². The highest BCUT2D eigenvalue weighted by atomic mass is 16.5. The van der Waals surface area contributed by atoms with Crippen molar-refractivity contribution in [3.63, 3.8) is 0 Å². The molecule has 0 bridgehead atoms. The maximum atomic E-state index is 5.59. The first-order valence-electron chi connectivity index (χ1n) is 5.37. The molecule has 2 heterocycles.